The van der Waals surface area contributed by atoms with Crippen LogP contribution in [0.4, 0.5) is 8.78 Å². The van der Waals surface area contributed by atoms with E-state index in [1.54, 1.807) is 12.1 Å². The minimum absolute atomic E-state index is 0.0940. The first-order valence-electron chi connectivity index (χ1n) is 6.28. The molecule has 0 saturated carbocycles. The van der Waals surface area contributed by atoms with Gasteiger partial charge in [-0.1, -0.05) is 12.1 Å². The molecular weight excluding hydrogens is 282 g/mol. The maximum atomic E-state index is 13.6. The second kappa shape index (κ2) is 5.57. The number of hydrogen-bond donors (Lipinski definition) is 1. The van der Waals surface area contributed by atoms with Crippen molar-refractivity contribution in [2.75, 3.05) is 6.79 Å². The molecule has 0 aromatic heterocycles. The number of aliphatic hydroxyl groups is 1. The number of benzene rings is 2. The van der Waals surface area contributed by atoms with Crippen LogP contribution in [0.2, 0.25) is 0 Å². The molecule has 0 aliphatic carbocycles. The summed E-state index contributed by atoms with van der Waals surface area (Å²) in [5.74, 6) is -0.524. The fourth-order valence-corrected chi connectivity index (χ4v) is 2.04. The fraction of sp³-hybridized carbons (Fsp3) is 0.200. The second-order valence-electron chi connectivity index (χ2n) is 4.47. The maximum absolute atomic E-state index is 13.6. The van der Waals surface area contributed by atoms with Gasteiger partial charge in [-0.3, -0.25) is 0 Å². The molecule has 2 aromatic carbocycles. The normalized spacial score (nSPS) is 12.5. The lowest BCUT2D eigenvalue weighted by atomic mass is 10.2. The van der Waals surface area contributed by atoms with E-state index in [2.05, 4.69) is 0 Å². The van der Waals surface area contributed by atoms with E-state index < -0.39 is 11.6 Å². The summed E-state index contributed by atoms with van der Waals surface area (Å²) < 4.78 is 42.6. The average molecular weight is 294 g/mol. The van der Waals surface area contributed by atoms with Crippen LogP contribution in [0.3, 0.4) is 0 Å². The van der Waals surface area contributed by atoms with Crippen molar-refractivity contribution in [3.05, 3.63) is 53.1 Å². The van der Waals surface area contributed by atoms with E-state index in [1.165, 1.54) is 12.1 Å². The Kier molecular flexibility index (Phi) is 3.62. The fourth-order valence-electron chi connectivity index (χ4n) is 2.04. The predicted molar refractivity (Wildman–Crippen MR) is 69.2 cm³/mol. The molecule has 1 aliphatic heterocycles. The van der Waals surface area contributed by atoms with Crippen LogP contribution in [0.25, 0.3) is 0 Å². The summed E-state index contributed by atoms with van der Waals surface area (Å²) in [5, 5.41) is 9.34. The monoisotopic (exact) mass is 294 g/mol. The molecule has 110 valence electrons. The van der Waals surface area contributed by atoms with Crippen molar-refractivity contribution >= 4 is 0 Å². The van der Waals surface area contributed by atoms with Gasteiger partial charge < -0.3 is 19.3 Å². The zero-order valence-electron chi connectivity index (χ0n) is 10.9. The lowest BCUT2D eigenvalue weighted by Gasteiger charge is -2.12. The highest BCUT2D eigenvalue weighted by Crippen LogP contribution is 2.38. The Morgan fingerprint density at radius 3 is 2.62 bits per heavy atom. The highest BCUT2D eigenvalue weighted by Gasteiger charge is 2.18. The van der Waals surface area contributed by atoms with Crippen molar-refractivity contribution in [3.8, 4) is 17.2 Å². The first-order valence-corrected chi connectivity index (χ1v) is 6.28. The highest BCUT2D eigenvalue weighted by atomic mass is 19.2. The Labute approximate surface area is 119 Å². The van der Waals surface area contributed by atoms with E-state index in [4.69, 9.17) is 14.2 Å². The standard InChI is InChI=1S/C15H12F2O4/c16-11-3-1-2-9(15(11)17)7-19-12-5-14-13(20-8-21-14)4-10(12)6-18/h1-5,18H,6-8H2. The Morgan fingerprint density at radius 2 is 1.86 bits per heavy atom. The third kappa shape index (κ3) is 2.62. The summed E-state index contributed by atoms with van der Waals surface area (Å²) in [6, 6.07) is 7.04. The van der Waals surface area contributed by atoms with Gasteiger partial charge in [-0.2, -0.15) is 0 Å². The number of aliphatic hydroxyl groups excluding tert-OH is 1. The van der Waals surface area contributed by atoms with Crippen LogP contribution in [-0.2, 0) is 13.2 Å². The van der Waals surface area contributed by atoms with Crippen molar-refractivity contribution in [1.29, 1.82) is 0 Å². The first kappa shape index (κ1) is 13.6. The van der Waals surface area contributed by atoms with Crippen LogP contribution >= 0.6 is 0 Å². The lowest BCUT2D eigenvalue weighted by molar-refractivity contribution is 0.173. The highest BCUT2D eigenvalue weighted by molar-refractivity contribution is 5.51. The van der Waals surface area contributed by atoms with Gasteiger partial charge in [-0.05, 0) is 12.1 Å². The SMILES string of the molecule is OCc1cc2c(cc1OCc1cccc(F)c1F)OCO2. The number of hydrogen-bond acceptors (Lipinski definition) is 4. The van der Waals surface area contributed by atoms with Gasteiger partial charge in [0.25, 0.3) is 0 Å². The molecule has 0 saturated heterocycles. The number of fused-ring (bicyclic) bond motifs is 1. The molecule has 0 fully saturated rings. The van der Waals surface area contributed by atoms with E-state index in [0.29, 0.717) is 22.8 Å². The van der Waals surface area contributed by atoms with Crippen LogP contribution in [0.5, 0.6) is 17.2 Å². The van der Waals surface area contributed by atoms with Crippen molar-refractivity contribution < 1.29 is 28.1 Å². The van der Waals surface area contributed by atoms with Gasteiger partial charge in [0.2, 0.25) is 6.79 Å². The van der Waals surface area contributed by atoms with E-state index >= 15 is 0 Å². The van der Waals surface area contributed by atoms with Crippen molar-refractivity contribution in [2.45, 2.75) is 13.2 Å². The summed E-state index contributed by atoms with van der Waals surface area (Å²) >= 11 is 0. The second-order valence-corrected chi connectivity index (χ2v) is 4.47. The van der Waals surface area contributed by atoms with Crippen molar-refractivity contribution in [3.63, 3.8) is 0 Å². The van der Waals surface area contributed by atoms with E-state index in [0.717, 1.165) is 6.07 Å². The summed E-state index contributed by atoms with van der Waals surface area (Å²) in [6.07, 6.45) is 0. The Hall–Kier alpha value is -2.34. The van der Waals surface area contributed by atoms with Crippen LogP contribution in [-0.4, -0.2) is 11.9 Å². The average Bonchev–Trinajstić information content (AvgIpc) is 2.95. The van der Waals surface area contributed by atoms with Gasteiger partial charge in [0.15, 0.2) is 23.1 Å². The molecule has 0 radical (unpaired) electrons. The summed E-state index contributed by atoms with van der Waals surface area (Å²) in [6.45, 7) is -0.323. The van der Waals surface area contributed by atoms with Gasteiger partial charge in [0, 0.05) is 17.2 Å². The van der Waals surface area contributed by atoms with Crippen LogP contribution in [0.1, 0.15) is 11.1 Å². The molecule has 3 rings (SSSR count). The molecule has 1 aliphatic rings. The summed E-state index contributed by atoms with van der Waals surface area (Å²) in [5.41, 5.74) is 0.576. The quantitative estimate of drug-likeness (QED) is 0.942. The Balaban J connectivity index is 1.83. The number of ether oxygens (including phenoxy) is 3. The third-order valence-electron chi connectivity index (χ3n) is 3.14. The maximum Gasteiger partial charge on any atom is 0.231 e. The largest absolute Gasteiger partial charge is 0.488 e. The molecular formula is C15H12F2O4. The van der Waals surface area contributed by atoms with Gasteiger partial charge in [0.05, 0.1) is 6.61 Å². The zero-order chi connectivity index (χ0) is 14.8. The minimum Gasteiger partial charge on any atom is -0.488 e. The van der Waals surface area contributed by atoms with Crippen LogP contribution in [0, 0.1) is 11.6 Å². The molecule has 2 aromatic rings. The molecule has 4 nitrogen and oxygen atoms in total. The van der Waals surface area contributed by atoms with Gasteiger partial charge in [-0.15, -0.1) is 0 Å². The molecule has 0 spiro atoms. The molecule has 1 N–H and O–H groups in total. The topological polar surface area (TPSA) is 47.9 Å². The smallest absolute Gasteiger partial charge is 0.231 e. The number of rotatable bonds is 4. The van der Waals surface area contributed by atoms with E-state index in [9.17, 15) is 13.9 Å². The first-order chi connectivity index (χ1) is 10.2. The Morgan fingerprint density at radius 1 is 1.10 bits per heavy atom. The van der Waals surface area contributed by atoms with E-state index in [-0.39, 0.29) is 25.6 Å². The molecule has 6 heteroatoms. The number of halogens is 2. The lowest BCUT2D eigenvalue weighted by Crippen LogP contribution is -2.02. The zero-order valence-corrected chi connectivity index (χ0v) is 10.9. The third-order valence-corrected chi connectivity index (χ3v) is 3.14. The summed E-state index contributed by atoms with van der Waals surface area (Å²) in [4.78, 5) is 0. The van der Waals surface area contributed by atoms with Gasteiger partial charge in [0.1, 0.15) is 12.4 Å². The molecule has 0 amide bonds. The Bertz CT molecular complexity index is 673. The molecule has 0 unspecified atom stereocenters. The van der Waals surface area contributed by atoms with E-state index in [1.807, 2.05) is 0 Å². The van der Waals surface area contributed by atoms with Crippen molar-refractivity contribution in [1.82, 2.24) is 0 Å². The minimum atomic E-state index is -0.941. The molecule has 0 bridgehead atoms. The molecule has 21 heavy (non-hydrogen) atoms. The summed E-state index contributed by atoms with van der Waals surface area (Å²) in [7, 11) is 0. The molecule has 1 heterocycles. The predicted octanol–water partition coefficient (Wildman–Crippen LogP) is 2.76. The molecule has 0 atom stereocenters. The van der Waals surface area contributed by atoms with Gasteiger partial charge >= 0.3 is 0 Å². The van der Waals surface area contributed by atoms with Crippen molar-refractivity contribution in [2.24, 2.45) is 0 Å². The van der Waals surface area contributed by atoms with Gasteiger partial charge in [-0.25, -0.2) is 8.78 Å². The van der Waals surface area contributed by atoms with Crippen LogP contribution < -0.4 is 14.2 Å². The van der Waals surface area contributed by atoms with Crippen LogP contribution in [0.15, 0.2) is 30.3 Å².